The fraction of sp³-hybridized carbons (Fsp3) is 0.0400. The van der Waals surface area contributed by atoms with Crippen molar-refractivity contribution in [2.24, 2.45) is 0 Å². The molecule has 8 aromatic rings. The van der Waals surface area contributed by atoms with Gasteiger partial charge in [0.25, 0.3) is 0 Å². The summed E-state index contributed by atoms with van der Waals surface area (Å²) in [5.74, 6) is 0.104. The van der Waals surface area contributed by atoms with Crippen LogP contribution in [0.1, 0.15) is 44.9 Å². The van der Waals surface area contributed by atoms with E-state index in [1.807, 2.05) is 0 Å². The minimum absolute atomic E-state index is 0.104. The summed E-state index contributed by atoms with van der Waals surface area (Å²) >= 11 is 0. The van der Waals surface area contributed by atoms with E-state index < -0.39 is 5.41 Å². The van der Waals surface area contributed by atoms with Crippen molar-refractivity contribution in [1.82, 2.24) is 0 Å². The summed E-state index contributed by atoms with van der Waals surface area (Å²) in [6.45, 7) is 0. The number of anilines is 3. The number of hydrogen-bond acceptors (Lipinski definition) is 1. The first-order valence-electron chi connectivity index (χ1n) is 17.8. The lowest BCUT2D eigenvalue weighted by atomic mass is 9.69. The van der Waals surface area contributed by atoms with Crippen LogP contribution in [0.15, 0.2) is 206 Å². The maximum Gasteiger partial charge on any atom is 0.0726 e. The molecule has 1 heteroatoms. The molecule has 0 saturated carbocycles. The smallest absolute Gasteiger partial charge is 0.0726 e. The molecular formula is C50H35N. The zero-order chi connectivity index (χ0) is 33.8. The quantitative estimate of drug-likeness (QED) is 0.162. The Kier molecular flexibility index (Phi) is 6.85. The Morgan fingerprint density at radius 2 is 0.706 bits per heavy atom. The van der Waals surface area contributed by atoms with Crippen LogP contribution in [0.5, 0.6) is 0 Å². The standard InChI is InChI=1S/C50H35N/c1-5-17-35(18-6-1)49(36-19-7-2-8-20-36)37-29-31-43-41-25-13-15-27-45(41)50(47(43)33-37)46-28-16-14-26-42(46)44-32-30-40(34-48(44)50)51(38-21-9-3-10-22-38)39-23-11-4-12-24-39/h1-34,49H. The van der Waals surface area contributed by atoms with Crippen molar-refractivity contribution in [1.29, 1.82) is 0 Å². The Hall–Kier alpha value is -6.44. The van der Waals surface area contributed by atoms with Crippen molar-refractivity contribution in [2.45, 2.75) is 11.3 Å². The van der Waals surface area contributed by atoms with Gasteiger partial charge in [-0.1, -0.05) is 170 Å². The molecule has 2 aliphatic carbocycles. The fourth-order valence-electron chi connectivity index (χ4n) is 8.93. The summed E-state index contributed by atoms with van der Waals surface area (Å²) in [5.41, 5.74) is 17.4. The monoisotopic (exact) mass is 649 g/mol. The first-order valence-corrected chi connectivity index (χ1v) is 17.8. The molecule has 0 bridgehead atoms. The van der Waals surface area contributed by atoms with Crippen molar-refractivity contribution in [3.8, 4) is 22.3 Å². The van der Waals surface area contributed by atoms with Gasteiger partial charge in [-0.05, 0) is 97.6 Å². The van der Waals surface area contributed by atoms with Crippen LogP contribution in [0.3, 0.4) is 0 Å². The first kappa shape index (κ1) is 29.5. The van der Waals surface area contributed by atoms with Gasteiger partial charge in [0.1, 0.15) is 0 Å². The van der Waals surface area contributed by atoms with Crippen LogP contribution in [0, 0.1) is 0 Å². The summed E-state index contributed by atoms with van der Waals surface area (Å²) < 4.78 is 0. The molecule has 51 heavy (non-hydrogen) atoms. The lowest BCUT2D eigenvalue weighted by Gasteiger charge is -2.33. The van der Waals surface area contributed by atoms with Gasteiger partial charge in [-0.2, -0.15) is 0 Å². The summed E-state index contributed by atoms with van der Waals surface area (Å²) in [6, 6.07) is 76.0. The highest BCUT2D eigenvalue weighted by molar-refractivity contribution is 5.96. The molecule has 0 amide bonds. The van der Waals surface area contributed by atoms with Crippen LogP contribution < -0.4 is 4.90 Å². The molecule has 0 aromatic heterocycles. The van der Waals surface area contributed by atoms with Crippen molar-refractivity contribution in [2.75, 3.05) is 4.90 Å². The Balaban J connectivity index is 1.26. The zero-order valence-electron chi connectivity index (χ0n) is 28.2. The van der Waals surface area contributed by atoms with Gasteiger partial charge < -0.3 is 4.90 Å². The number of benzene rings is 8. The first-order chi connectivity index (χ1) is 25.3. The van der Waals surface area contributed by atoms with E-state index in [1.54, 1.807) is 0 Å². The second-order valence-corrected chi connectivity index (χ2v) is 13.6. The molecule has 10 rings (SSSR count). The zero-order valence-corrected chi connectivity index (χ0v) is 28.2. The minimum atomic E-state index is -0.471. The predicted octanol–water partition coefficient (Wildman–Crippen LogP) is 12.7. The van der Waals surface area contributed by atoms with Crippen LogP contribution in [0.25, 0.3) is 22.3 Å². The Labute approximate surface area is 299 Å². The van der Waals surface area contributed by atoms with E-state index in [9.17, 15) is 0 Å². The molecule has 1 nitrogen and oxygen atoms in total. The van der Waals surface area contributed by atoms with Gasteiger partial charge in [0.15, 0.2) is 0 Å². The normalized spacial score (nSPS) is 14.9. The fourth-order valence-corrected chi connectivity index (χ4v) is 8.93. The van der Waals surface area contributed by atoms with Gasteiger partial charge in [0, 0.05) is 23.0 Å². The third kappa shape index (κ3) is 4.48. The maximum atomic E-state index is 2.53. The highest BCUT2D eigenvalue weighted by atomic mass is 15.1. The average molecular weight is 650 g/mol. The molecule has 1 atom stereocenters. The lowest BCUT2D eigenvalue weighted by molar-refractivity contribution is 0.789. The predicted molar refractivity (Wildman–Crippen MR) is 211 cm³/mol. The Morgan fingerprint density at radius 3 is 1.24 bits per heavy atom. The highest BCUT2D eigenvalue weighted by Gasteiger charge is 2.52. The van der Waals surface area contributed by atoms with Crippen molar-refractivity contribution >= 4 is 17.1 Å². The molecule has 0 heterocycles. The van der Waals surface area contributed by atoms with E-state index in [0.717, 1.165) is 17.1 Å². The third-order valence-corrected chi connectivity index (χ3v) is 11.0. The molecule has 0 aliphatic heterocycles. The second-order valence-electron chi connectivity index (χ2n) is 13.6. The number of fused-ring (bicyclic) bond motifs is 10. The number of nitrogens with zero attached hydrogens (tertiary/aromatic N) is 1. The van der Waals surface area contributed by atoms with Gasteiger partial charge in [-0.15, -0.1) is 0 Å². The van der Waals surface area contributed by atoms with Crippen LogP contribution in [-0.4, -0.2) is 0 Å². The molecule has 1 spiro atoms. The lowest BCUT2D eigenvalue weighted by Crippen LogP contribution is -2.26. The molecule has 1 unspecified atom stereocenters. The van der Waals surface area contributed by atoms with Crippen molar-refractivity contribution in [3.63, 3.8) is 0 Å². The molecule has 8 aromatic carbocycles. The second kappa shape index (κ2) is 11.9. The Bertz CT molecular complexity index is 2260. The Morgan fingerprint density at radius 1 is 0.294 bits per heavy atom. The van der Waals surface area contributed by atoms with Crippen molar-refractivity contribution < 1.29 is 0 Å². The van der Waals surface area contributed by atoms with Gasteiger partial charge >= 0.3 is 0 Å². The van der Waals surface area contributed by atoms with Crippen molar-refractivity contribution in [3.05, 3.63) is 245 Å². The number of rotatable bonds is 6. The van der Waals surface area contributed by atoms with Crippen LogP contribution in [0.4, 0.5) is 17.1 Å². The molecule has 0 saturated heterocycles. The summed E-state index contributed by atoms with van der Waals surface area (Å²) in [6.07, 6.45) is 0. The highest BCUT2D eigenvalue weighted by Crippen LogP contribution is 2.63. The van der Waals surface area contributed by atoms with Gasteiger partial charge in [0.2, 0.25) is 0 Å². The van der Waals surface area contributed by atoms with E-state index in [-0.39, 0.29) is 5.92 Å². The van der Waals surface area contributed by atoms with E-state index in [4.69, 9.17) is 0 Å². The van der Waals surface area contributed by atoms with Crippen LogP contribution in [-0.2, 0) is 5.41 Å². The van der Waals surface area contributed by atoms with Gasteiger partial charge in [-0.25, -0.2) is 0 Å². The average Bonchev–Trinajstić information content (AvgIpc) is 3.67. The van der Waals surface area contributed by atoms with Crippen LogP contribution >= 0.6 is 0 Å². The SMILES string of the molecule is c1ccc(C(c2ccccc2)c2ccc3c(c2)C2(c4ccccc4-3)c3ccccc3-c3ccc(N(c4ccccc4)c4ccccc4)cc32)cc1. The molecule has 240 valence electrons. The minimum Gasteiger partial charge on any atom is -0.310 e. The van der Waals surface area contributed by atoms with E-state index in [1.165, 1.54) is 61.2 Å². The summed E-state index contributed by atoms with van der Waals surface area (Å²) in [7, 11) is 0. The number of hydrogen-bond donors (Lipinski definition) is 0. The van der Waals surface area contributed by atoms with Gasteiger partial charge in [0.05, 0.1) is 5.41 Å². The molecule has 0 fully saturated rings. The molecule has 2 aliphatic rings. The molecule has 0 radical (unpaired) electrons. The topological polar surface area (TPSA) is 3.24 Å². The van der Waals surface area contributed by atoms with E-state index in [0.29, 0.717) is 0 Å². The van der Waals surface area contributed by atoms with E-state index in [2.05, 4.69) is 211 Å². The molecular weight excluding hydrogens is 615 g/mol. The number of para-hydroxylation sites is 2. The largest absolute Gasteiger partial charge is 0.310 e. The summed E-state index contributed by atoms with van der Waals surface area (Å²) in [5, 5.41) is 0. The third-order valence-electron chi connectivity index (χ3n) is 11.0. The van der Waals surface area contributed by atoms with Crippen LogP contribution in [0.2, 0.25) is 0 Å². The summed E-state index contributed by atoms with van der Waals surface area (Å²) in [4.78, 5) is 2.38. The maximum absolute atomic E-state index is 2.53. The molecule has 0 N–H and O–H groups in total. The van der Waals surface area contributed by atoms with Gasteiger partial charge in [-0.3, -0.25) is 0 Å². The van der Waals surface area contributed by atoms with E-state index >= 15 is 0 Å².